The molecular weight excluding hydrogens is 298 g/mol. The number of phenols is 1. The molecule has 1 rings (SSSR count). The van der Waals surface area contributed by atoms with Crippen LogP contribution in [0.15, 0.2) is 18.2 Å². The van der Waals surface area contributed by atoms with Crippen LogP contribution in [0.4, 0.5) is 4.79 Å². The second-order valence-electron chi connectivity index (χ2n) is 5.60. The van der Waals surface area contributed by atoms with Crippen LogP contribution >= 0.6 is 11.6 Å². The lowest BCUT2D eigenvalue weighted by Crippen LogP contribution is -2.38. The zero-order valence-electron chi connectivity index (χ0n) is 12.1. The molecule has 4 N–H and O–H groups in total. The Hall–Kier alpha value is -1.50. The topological polar surface area (TPSA) is 99.0 Å². The fourth-order valence-electron chi connectivity index (χ4n) is 1.58. The van der Waals surface area contributed by atoms with Crippen LogP contribution in [-0.2, 0) is 4.74 Å². The number of aliphatic hydroxyl groups is 2. The standard InChI is InChI=1S/C14H20ClNO5/c1-14(2,3)21-13(20)16-7-11(18)12(19)9-6-8(17)4-5-10(9)15/h4-6,11-12,17-19H,7H2,1-3H3,(H,16,20). The first-order valence-corrected chi connectivity index (χ1v) is 6.79. The molecule has 118 valence electrons. The zero-order valence-corrected chi connectivity index (χ0v) is 12.9. The van der Waals surface area contributed by atoms with E-state index in [1.54, 1.807) is 20.8 Å². The summed E-state index contributed by atoms with van der Waals surface area (Å²) in [7, 11) is 0. The minimum absolute atomic E-state index is 0.0826. The number of hydrogen-bond donors (Lipinski definition) is 4. The Kier molecular flexibility index (Phi) is 5.83. The van der Waals surface area contributed by atoms with Gasteiger partial charge >= 0.3 is 6.09 Å². The molecule has 0 aliphatic carbocycles. The van der Waals surface area contributed by atoms with Crippen LogP contribution in [0.3, 0.4) is 0 Å². The average Bonchev–Trinajstić information content (AvgIpc) is 2.36. The molecule has 0 saturated carbocycles. The van der Waals surface area contributed by atoms with Crippen molar-refractivity contribution >= 4 is 17.7 Å². The van der Waals surface area contributed by atoms with Gasteiger partial charge in [0.2, 0.25) is 0 Å². The van der Waals surface area contributed by atoms with Gasteiger partial charge in [-0.05, 0) is 39.0 Å². The first-order chi connectivity index (χ1) is 9.60. The molecule has 0 saturated heterocycles. The van der Waals surface area contributed by atoms with Gasteiger partial charge in [-0.15, -0.1) is 0 Å². The van der Waals surface area contributed by atoms with Gasteiger partial charge in [-0.1, -0.05) is 11.6 Å². The van der Waals surface area contributed by atoms with E-state index in [9.17, 15) is 20.1 Å². The highest BCUT2D eigenvalue weighted by molar-refractivity contribution is 6.31. The number of phenolic OH excluding ortho intramolecular Hbond substituents is 1. The summed E-state index contributed by atoms with van der Waals surface area (Å²) in [4.78, 5) is 11.5. The van der Waals surface area contributed by atoms with E-state index in [-0.39, 0.29) is 22.9 Å². The molecule has 0 aliphatic rings. The summed E-state index contributed by atoms with van der Waals surface area (Å²) in [6.45, 7) is 4.92. The fourth-order valence-corrected chi connectivity index (χ4v) is 1.81. The molecule has 0 aromatic heterocycles. The molecule has 0 radical (unpaired) electrons. The van der Waals surface area contributed by atoms with Gasteiger partial charge in [0.05, 0.1) is 0 Å². The maximum absolute atomic E-state index is 11.5. The van der Waals surface area contributed by atoms with Gasteiger partial charge in [0.15, 0.2) is 0 Å². The van der Waals surface area contributed by atoms with E-state index in [4.69, 9.17) is 16.3 Å². The summed E-state index contributed by atoms with van der Waals surface area (Å²) in [5.74, 6) is -0.0826. The SMILES string of the molecule is CC(C)(C)OC(=O)NCC(O)C(O)c1cc(O)ccc1Cl. The minimum Gasteiger partial charge on any atom is -0.508 e. The van der Waals surface area contributed by atoms with E-state index >= 15 is 0 Å². The molecule has 0 aliphatic heterocycles. The second-order valence-corrected chi connectivity index (χ2v) is 6.01. The second kappa shape index (κ2) is 6.98. The third-order valence-electron chi connectivity index (χ3n) is 2.52. The van der Waals surface area contributed by atoms with Crippen LogP contribution in [0.25, 0.3) is 0 Å². The van der Waals surface area contributed by atoms with Crippen LogP contribution in [0.2, 0.25) is 5.02 Å². The number of alkyl carbamates (subject to hydrolysis) is 1. The summed E-state index contributed by atoms with van der Waals surface area (Å²) < 4.78 is 5.01. The smallest absolute Gasteiger partial charge is 0.407 e. The Morgan fingerprint density at radius 1 is 1.38 bits per heavy atom. The van der Waals surface area contributed by atoms with E-state index < -0.39 is 23.9 Å². The van der Waals surface area contributed by atoms with Crippen LogP contribution < -0.4 is 5.32 Å². The maximum Gasteiger partial charge on any atom is 0.407 e. The van der Waals surface area contributed by atoms with Crippen LogP contribution in [0, 0.1) is 0 Å². The number of carbonyl (C=O) groups excluding carboxylic acids is 1. The Labute approximate surface area is 128 Å². The highest BCUT2D eigenvalue weighted by Gasteiger charge is 2.23. The third kappa shape index (κ3) is 5.79. The number of amides is 1. The predicted molar refractivity (Wildman–Crippen MR) is 78.3 cm³/mol. The van der Waals surface area contributed by atoms with Crippen LogP contribution in [0.1, 0.15) is 32.4 Å². The fraction of sp³-hybridized carbons (Fsp3) is 0.500. The van der Waals surface area contributed by atoms with Gasteiger partial charge < -0.3 is 25.4 Å². The van der Waals surface area contributed by atoms with Gasteiger partial charge in [0.25, 0.3) is 0 Å². The lowest BCUT2D eigenvalue weighted by Gasteiger charge is -2.22. The van der Waals surface area contributed by atoms with Crippen LogP contribution in [0.5, 0.6) is 5.75 Å². The Bertz CT molecular complexity index is 501. The summed E-state index contributed by atoms with van der Waals surface area (Å²) in [5.41, 5.74) is -0.475. The van der Waals surface area contributed by atoms with Crippen molar-refractivity contribution < 1.29 is 24.9 Å². The molecule has 0 heterocycles. The summed E-state index contributed by atoms with van der Waals surface area (Å²) in [5, 5.41) is 31.8. The van der Waals surface area contributed by atoms with Gasteiger partial charge in [-0.2, -0.15) is 0 Å². The Morgan fingerprint density at radius 2 is 2.00 bits per heavy atom. The highest BCUT2D eigenvalue weighted by Crippen LogP contribution is 2.28. The van der Waals surface area contributed by atoms with E-state index in [1.807, 2.05) is 0 Å². The summed E-state index contributed by atoms with van der Waals surface area (Å²) in [6.07, 6.45) is -3.34. The van der Waals surface area contributed by atoms with Gasteiger partial charge in [-0.25, -0.2) is 4.79 Å². The van der Waals surface area contributed by atoms with E-state index in [2.05, 4.69) is 5.32 Å². The molecule has 0 spiro atoms. The molecule has 1 aromatic carbocycles. The lowest BCUT2D eigenvalue weighted by molar-refractivity contribution is 0.0129. The molecule has 0 fully saturated rings. The number of rotatable bonds is 4. The maximum atomic E-state index is 11.5. The number of aliphatic hydroxyl groups excluding tert-OH is 2. The lowest BCUT2D eigenvalue weighted by atomic mass is 10.0. The zero-order chi connectivity index (χ0) is 16.2. The normalized spacial score (nSPS) is 14.4. The first kappa shape index (κ1) is 17.6. The van der Waals surface area contributed by atoms with E-state index in [1.165, 1.54) is 18.2 Å². The van der Waals surface area contributed by atoms with Crippen molar-refractivity contribution in [2.45, 2.75) is 38.6 Å². The predicted octanol–water partition coefficient (Wildman–Crippen LogP) is 1.96. The van der Waals surface area contributed by atoms with Crippen molar-refractivity contribution in [3.63, 3.8) is 0 Å². The van der Waals surface area contributed by atoms with Crippen molar-refractivity contribution in [1.82, 2.24) is 5.32 Å². The molecule has 21 heavy (non-hydrogen) atoms. The number of benzene rings is 1. The van der Waals surface area contributed by atoms with Crippen LogP contribution in [-0.4, -0.2) is 39.7 Å². The monoisotopic (exact) mass is 317 g/mol. The highest BCUT2D eigenvalue weighted by atomic mass is 35.5. The Balaban J connectivity index is 2.61. The van der Waals surface area contributed by atoms with Crippen molar-refractivity contribution in [2.24, 2.45) is 0 Å². The largest absolute Gasteiger partial charge is 0.508 e. The third-order valence-corrected chi connectivity index (χ3v) is 2.86. The van der Waals surface area contributed by atoms with Crippen molar-refractivity contribution in [3.05, 3.63) is 28.8 Å². The number of carbonyl (C=O) groups is 1. The van der Waals surface area contributed by atoms with Gasteiger partial charge in [0.1, 0.15) is 23.6 Å². The van der Waals surface area contributed by atoms with Crippen molar-refractivity contribution in [2.75, 3.05) is 6.54 Å². The summed E-state index contributed by atoms with van der Waals surface area (Å²) >= 11 is 5.89. The summed E-state index contributed by atoms with van der Waals surface area (Å²) in [6, 6.07) is 4.02. The quantitative estimate of drug-likeness (QED) is 0.680. The molecule has 1 amide bonds. The molecular formula is C14H20ClNO5. The number of aromatic hydroxyl groups is 1. The Morgan fingerprint density at radius 3 is 2.57 bits per heavy atom. The number of ether oxygens (including phenoxy) is 1. The van der Waals surface area contributed by atoms with Crippen molar-refractivity contribution in [1.29, 1.82) is 0 Å². The number of halogens is 1. The van der Waals surface area contributed by atoms with Gasteiger partial charge in [0, 0.05) is 17.1 Å². The minimum atomic E-state index is -1.35. The average molecular weight is 318 g/mol. The molecule has 2 atom stereocenters. The molecule has 7 heteroatoms. The number of nitrogens with one attached hydrogen (secondary N) is 1. The molecule has 6 nitrogen and oxygen atoms in total. The first-order valence-electron chi connectivity index (χ1n) is 6.41. The molecule has 2 unspecified atom stereocenters. The van der Waals surface area contributed by atoms with E-state index in [0.717, 1.165) is 0 Å². The molecule has 0 bridgehead atoms. The molecule has 1 aromatic rings. The van der Waals surface area contributed by atoms with E-state index in [0.29, 0.717) is 0 Å². The van der Waals surface area contributed by atoms with Crippen molar-refractivity contribution in [3.8, 4) is 5.75 Å². The van der Waals surface area contributed by atoms with Gasteiger partial charge in [-0.3, -0.25) is 0 Å². The number of hydrogen-bond acceptors (Lipinski definition) is 5.